The van der Waals surface area contributed by atoms with Crippen LogP contribution in [0.2, 0.25) is 5.02 Å². The zero-order chi connectivity index (χ0) is 14.4. The highest BCUT2D eigenvalue weighted by Crippen LogP contribution is 2.35. The lowest BCUT2D eigenvalue weighted by molar-refractivity contribution is 1.66. The van der Waals surface area contributed by atoms with Crippen LogP contribution in [0.5, 0.6) is 0 Å². The van der Waals surface area contributed by atoms with Crippen LogP contribution >= 0.6 is 22.9 Å². The lowest BCUT2D eigenvalue weighted by Crippen LogP contribution is -2.00. The van der Waals surface area contributed by atoms with Gasteiger partial charge in [0, 0.05) is 14.4 Å². The lowest BCUT2D eigenvalue weighted by Gasteiger charge is -2.03. The standard InChI is InChI=1S/C18H10BClS/c19-15-2-1-3-16-18(15)14-9-6-12(10-17(14)21-16)11-4-7-13(20)8-5-11/h1-10H. The van der Waals surface area contributed by atoms with Gasteiger partial charge in [0.2, 0.25) is 0 Å². The third kappa shape index (κ3) is 2.15. The molecule has 1 heterocycles. The topological polar surface area (TPSA) is 0 Å². The van der Waals surface area contributed by atoms with E-state index in [0.717, 1.165) is 10.5 Å². The summed E-state index contributed by atoms with van der Waals surface area (Å²) in [5, 5.41) is 3.15. The summed E-state index contributed by atoms with van der Waals surface area (Å²) in [5.74, 6) is 0. The van der Waals surface area contributed by atoms with E-state index in [-0.39, 0.29) is 0 Å². The molecule has 98 valence electrons. The van der Waals surface area contributed by atoms with E-state index in [2.05, 4.69) is 24.3 Å². The number of thiophene rings is 1. The van der Waals surface area contributed by atoms with E-state index >= 15 is 0 Å². The van der Waals surface area contributed by atoms with Crippen LogP contribution < -0.4 is 5.46 Å². The molecule has 0 saturated heterocycles. The number of benzene rings is 3. The second kappa shape index (κ2) is 4.90. The molecule has 0 amide bonds. The van der Waals surface area contributed by atoms with Gasteiger partial charge in [0.1, 0.15) is 7.85 Å². The van der Waals surface area contributed by atoms with Crippen molar-refractivity contribution in [2.45, 2.75) is 0 Å². The predicted octanol–water partition coefficient (Wildman–Crippen LogP) is 5.17. The predicted molar refractivity (Wildman–Crippen MR) is 95.2 cm³/mol. The third-order valence-corrected chi connectivity index (χ3v) is 5.08. The van der Waals surface area contributed by atoms with Crippen molar-refractivity contribution in [2.24, 2.45) is 0 Å². The fourth-order valence-corrected chi connectivity index (χ4v) is 3.98. The lowest BCUT2D eigenvalue weighted by atomic mass is 9.91. The van der Waals surface area contributed by atoms with Gasteiger partial charge in [0.15, 0.2) is 0 Å². The fourth-order valence-electron chi connectivity index (χ4n) is 2.68. The van der Waals surface area contributed by atoms with Gasteiger partial charge in [0.25, 0.3) is 0 Å². The summed E-state index contributed by atoms with van der Waals surface area (Å²) >= 11 is 7.73. The van der Waals surface area contributed by atoms with E-state index in [4.69, 9.17) is 19.4 Å². The summed E-state index contributed by atoms with van der Waals surface area (Å²) in [4.78, 5) is 0. The molecule has 21 heavy (non-hydrogen) atoms. The number of hydrogen-bond acceptors (Lipinski definition) is 1. The Hall–Kier alpha value is -1.77. The highest BCUT2D eigenvalue weighted by Gasteiger charge is 2.08. The van der Waals surface area contributed by atoms with Gasteiger partial charge in [0.05, 0.1) is 0 Å². The molecule has 0 nitrogen and oxygen atoms in total. The van der Waals surface area contributed by atoms with Crippen LogP contribution in [0.4, 0.5) is 0 Å². The van der Waals surface area contributed by atoms with Crippen molar-refractivity contribution in [2.75, 3.05) is 0 Å². The molecule has 1 aromatic heterocycles. The Bertz CT molecular complexity index is 954. The first-order valence-corrected chi connectivity index (χ1v) is 7.88. The maximum Gasteiger partial charge on any atom is 0.114 e. The van der Waals surface area contributed by atoms with Crippen molar-refractivity contribution < 1.29 is 0 Å². The van der Waals surface area contributed by atoms with Crippen molar-refractivity contribution in [3.8, 4) is 11.1 Å². The van der Waals surface area contributed by atoms with Gasteiger partial charge < -0.3 is 0 Å². The van der Waals surface area contributed by atoms with Crippen LogP contribution in [-0.4, -0.2) is 7.85 Å². The molecule has 0 aliphatic rings. The first-order chi connectivity index (χ1) is 10.2. The molecule has 0 aliphatic carbocycles. The summed E-state index contributed by atoms with van der Waals surface area (Å²) in [6, 6.07) is 20.6. The van der Waals surface area contributed by atoms with Gasteiger partial charge in [-0.25, -0.2) is 0 Å². The summed E-state index contributed by atoms with van der Waals surface area (Å²) in [6.45, 7) is 0. The first kappa shape index (κ1) is 12.9. The van der Waals surface area contributed by atoms with E-state index in [9.17, 15) is 0 Å². The Kier molecular flexibility index (Phi) is 3.02. The fraction of sp³-hybridized carbons (Fsp3) is 0. The molecule has 0 spiro atoms. The monoisotopic (exact) mass is 304 g/mol. The average molecular weight is 305 g/mol. The van der Waals surface area contributed by atoms with E-state index in [1.54, 1.807) is 11.3 Å². The quantitative estimate of drug-likeness (QED) is 0.426. The molecule has 0 saturated carbocycles. The molecule has 3 aromatic carbocycles. The van der Waals surface area contributed by atoms with E-state index in [1.165, 1.54) is 31.3 Å². The molecule has 2 radical (unpaired) electrons. The Labute approximate surface area is 133 Å². The number of halogens is 1. The van der Waals surface area contributed by atoms with Crippen molar-refractivity contribution >= 4 is 56.4 Å². The normalized spacial score (nSPS) is 11.3. The van der Waals surface area contributed by atoms with Crippen LogP contribution in [0.15, 0.2) is 60.7 Å². The van der Waals surface area contributed by atoms with E-state index in [1.807, 2.05) is 36.4 Å². The highest BCUT2D eigenvalue weighted by atomic mass is 35.5. The van der Waals surface area contributed by atoms with Gasteiger partial charge in [-0.3, -0.25) is 0 Å². The number of rotatable bonds is 1. The van der Waals surface area contributed by atoms with Crippen LogP contribution in [0.3, 0.4) is 0 Å². The third-order valence-electron chi connectivity index (χ3n) is 3.71. The van der Waals surface area contributed by atoms with Crippen molar-refractivity contribution in [1.82, 2.24) is 0 Å². The van der Waals surface area contributed by atoms with Crippen molar-refractivity contribution in [3.05, 3.63) is 65.7 Å². The summed E-state index contributed by atoms with van der Waals surface area (Å²) < 4.78 is 2.49. The van der Waals surface area contributed by atoms with E-state index < -0.39 is 0 Å². The van der Waals surface area contributed by atoms with Gasteiger partial charge in [-0.05, 0) is 46.2 Å². The Morgan fingerprint density at radius 2 is 1.57 bits per heavy atom. The number of hydrogen-bond donors (Lipinski definition) is 0. The molecule has 3 heteroatoms. The maximum absolute atomic E-state index is 6.12. The molecule has 0 aliphatic heterocycles. The molecular formula is C18H10BClS. The molecule has 0 atom stereocenters. The molecule has 0 bridgehead atoms. The molecule has 0 fully saturated rings. The highest BCUT2D eigenvalue weighted by molar-refractivity contribution is 7.26. The molecule has 0 unspecified atom stereocenters. The van der Waals surface area contributed by atoms with Gasteiger partial charge in [-0.1, -0.05) is 53.5 Å². The van der Waals surface area contributed by atoms with Gasteiger partial charge >= 0.3 is 0 Å². The largest absolute Gasteiger partial charge is 0.135 e. The summed E-state index contributed by atoms with van der Waals surface area (Å²) in [7, 11) is 6.12. The van der Waals surface area contributed by atoms with E-state index in [0.29, 0.717) is 0 Å². The zero-order valence-corrected chi connectivity index (χ0v) is 12.7. The second-order valence-corrected chi connectivity index (χ2v) is 6.56. The molecule has 4 aromatic rings. The van der Waals surface area contributed by atoms with Crippen LogP contribution in [0.25, 0.3) is 31.3 Å². The Morgan fingerprint density at radius 1 is 0.810 bits per heavy atom. The van der Waals surface area contributed by atoms with Gasteiger partial charge in [-0.15, -0.1) is 11.3 Å². The van der Waals surface area contributed by atoms with Crippen LogP contribution in [0.1, 0.15) is 0 Å². The van der Waals surface area contributed by atoms with Crippen LogP contribution in [0, 0.1) is 0 Å². The van der Waals surface area contributed by atoms with Crippen molar-refractivity contribution in [1.29, 1.82) is 0 Å². The second-order valence-electron chi connectivity index (χ2n) is 5.04. The molecular weight excluding hydrogens is 295 g/mol. The zero-order valence-electron chi connectivity index (χ0n) is 11.1. The van der Waals surface area contributed by atoms with Gasteiger partial charge in [-0.2, -0.15) is 0 Å². The van der Waals surface area contributed by atoms with Crippen LogP contribution in [-0.2, 0) is 0 Å². The minimum Gasteiger partial charge on any atom is -0.135 e. The molecule has 4 rings (SSSR count). The first-order valence-electron chi connectivity index (χ1n) is 6.69. The smallest absolute Gasteiger partial charge is 0.114 e. The minimum atomic E-state index is 0.759. The Balaban J connectivity index is 1.96. The minimum absolute atomic E-state index is 0.759. The Morgan fingerprint density at radius 3 is 2.38 bits per heavy atom. The average Bonchev–Trinajstić information content (AvgIpc) is 2.86. The maximum atomic E-state index is 6.12. The number of fused-ring (bicyclic) bond motifs is 3. The summed E-state index contributed by atoms with van der Waals surface area (Å²) in [5.41, 5.74) is 3.22. The van der Waals surface area contributed by atoms with Crippen molar-refractivity contribution in [3.63, 3.8) is 0 Å². The SMILES string of the molecule is [B]c1cccc2sc3cc(-c4ccc(Cl)cc4)ccc3c12. The summed E-state index contributed by atoms with van der Waals surface area (Å²) in [6.07, 6.45) is 0. The molecule has 0 N–H and O–H groups in total.